The molecule has 0 bridgehead atoms. The summed E-state index contributed by atoms with van der Waals surface area (Å²) in [5, 5.41) is 10.3. The van der Waals surface area contributed by atoms with E-state index in [1.807, 2.05) is 19.3 Å². The Morgan fingerprint density at radius 3 is 2.72 bits per heavy atom. The number of aromatic nitrogens is 3. The zero-order valence-electron chi connectivity index (χ0n) is 11.4. The Kier molecular flexibility index (Phi) is 3.77. The Balaban J connectivity index is 2.11. The van der Waals surface area contributed by atoms with Gasteiger partial charge in [0.15, 0.2) is 0 Å². The molecule has 2 aromatic rings. The van der Waals surface area contributed by atoms with Crippen molar-refractivity contribution >= 4 is 0 Å². The first-order chi connectivity index (χ1) is 8.58. The lowest BCUT2D eigenvalue weighted by molar-refractivity contribution is 0.567. The van der Waals surface area contributed by atoms with Gasteiger partial charge >= 0.3 is 0 Å². The summed E-state index contributed by atoms with van der Waals surface area (Å²) in [5.74, 6) is 0. The molecule has 96 valence electrons. The van der Waals surface area contributed by atoms with Crippen LogP contribution in [0.3, 0.4) is 0 Å². The summed E-state index contributed by atoms with van der Waals surface area (Å²) in [4.78, 5) is 4.54. The fourth-order valence-electron chi connectivity index (χ4n) is 2.44. The van der Waals surface area contributed by atoms with Crippen LogP contribution in [0.4, 0.5) is 0 Å². The van der Waals surface area contributed by atoms with Crippen molar-refractivity contribution in [2.24, 2.45) is 0 Å². The molecule has 1 unspecified atom stereocenters. The normalized spacial score (nSPS) is 12.7. The zero-order valence-corrected chi connectivity index (χ0v) is 11.4. The summed E-state index contributed by atoms with van der Waals surface area (Å²) < 4.78 is 0. The molecule has 0 radical (unpaired) electrons. The first-order valence-corrected chi connectivity index (χ1v) is 6.23. The van der Waals surface area contributed by atoms with Crippen LogP contribution in [0, 0.1) is 20.8 Å². The highest BCUT2D eigenvalue weighted by Crippen LogP contribution is 2.21. The molecule has 1 atom stereocenters. The van der Waals surface area contributed by atoms with Gasteiger partial charge in [0.05, 0.1) is 6.20 Å². The molecule has 2 aromatic heterocycles. The van der Waals surface area contributed by atoms with Crippen LogP contribution in [-0.4, -0.2) is 15.2 Å². The number of nitrogens with one attached hydrogen (secondary N) is 2. The molecule has 18 heavy (non-hydrogen) atoms. The van der Waals surface area contributed by atoms with Gasteiger partial charge < -0.3 is 5.32 Å². The number of aryl methyl sites for hydroxylation is 3. The Labute approximate surface area is 108 Å². The van der Waals surface area contributed by atoms with Gasteiger partial charge in [0.1, 0.15) is 0 Å². The molecule has 0 amide bonds. The lowest BCUT2D eigenvalue weighted by atomic mass is 10.0. The van der Waals surface area contributed by atoms with Gasteiger partial charge in [0, 0.05) is 35.7 Å². The minimum Gasteiger partial charge on any atom is -0.306 e. The van der Waals surface area contributed by atoms with Gasteiger partial charge in [-0.05, 0) is 44.9 Å². The molecule has 2 N–H and O–H groups in total. The molecule has 0 fully saturated rings. The van der Waals surface area contributed by atoms with E-state index in [9.17, 15) is 0 Å². The Morgan fingerprint density at radius 2 is 2.11 bits per heavy atom. The Hall–Kier alpha value is -1.68. The Morgan fingerprint density at radius 1 is 1.33 bits per heavy atom. The van der Waals surface area contributed by atoms with Crippen LogP contribution in [0.5, 0.6) is 0 Å². The third-order valence-corrected chi connectivity index (χ3v) is 3.18. The average Bonchev–Trinajstić information content (AvgIpc) is 2.77. The van der Waals surface area contributed by atoms with Crippen molar-refractivity contribution in [3.63, 3.8) is 0 Å². The molecule has 0 spiro atoms. The second-order valence-corrected chi connectivity index (χ2v) is 4.79. The van der Waals surface area contributed by atoms with Crippen LogP contribution in [-0.2, 0) is 6.54 Å². The minimum absolute atomic E-state index is 0.285. The molecular weight excluding hydrogens is 224 g/mol. The van der Waals surface area contributed by atoms with Gasteiger partial charge in [-0.15, -0.1) is 0 Å². The molecule has 0 aliphatic rings. The molecule has 0 saturated heterocycles. The van der Waals surface area contributed by atoms with Crippen molar-refractivity contribution in [2.75, 3.05) is 0 Å². The molecule has 4 nitrogen and oxygen atoms in total. The molecule has 0 aliphatic heterocycles. The number of aromatic amines is 1. The molecule has 0 saturated carbocycles. The zero-order chi connectivity index (χ0) is 13.1. The summed E-state index contributed by atoms with van der Waals surface area (Å²) in [6, 6.07) is 2.42. The standard InChI is InChI=1S/C14H20N4/c1-9-5-10(2)18-12(4)14(9)11(3)15-6-13-7-16-17-8-13/h5,7-8,11,15H,6H2,1-4H3,(H,16,17). The lowest BCUT2D eigenvalue weighted by Gasteiger charge is -2.18. The van der Waals surface area contributed by atoms with E-state index in [-0.39, 0.29) is 6.04 Å². The van der Waals surface area contributed by atoms with Crippen molar-refractivity contribution in [3.05, 3.63) is 46.5 Å². The average molecular weight is 244 g/mol. The van der Waals surface area contributed by atoms with Crippen LogP contribution < -0.4 is 5.32 Å². The van der Waals surface area contributed by atoms with E-state index < -0.39 is 0 Å². The van der Waals surface area contributed by atoms with Crippen molar-refractivity contribution < 1.29 is 0 Å². The summed E-state index contributed by atoms with van der Waals surface area (Å²) in [6.07, 6.45) is 3.75. The number of pyridine rings is 1. The number of nitrogens with zero attached hydrogens (tertiary/aromatic N) is 2. The maximum Gasteiger partial charge on any atom is 0.0532 e. The third-order valence-electron chi connectivity index (χ3n) is 3.18. The second kappa shape index (κ2) is 5.31. The van der Waals surface area contributed by atoms with E-state index in [0.29, 0.717) is 0 Å². The predicted octanol–water partition coefficient (Wildman–Crippen LogP) is 2.58. The van der Waals surface area contributed by atoms with Gasteiger partial charge in [-0.3, -0.25) is 10.1 Å². The van der Waals surface area contributed by atoms with Crippen molar-refractivity contribution in [1.29, 1.82) is 0 Å². The van der Waals surface area contributed by atoms with Crippen LogP contribution in [0.2, 0.25) is 0 Å². The smallest absolute Gasteiger partial charge is 0.0532 e. The maximum absolute atomic E-state index is 4.54. The third kappa shape index (κ3) is 2.76. The molecule has 0 aliphatic carbocycles. The van der Waals surface area contributed by atoms with Gasteiger partial charge in [-0.25, -0.2) is 0 Å². The van der Waals surface area contributed by atoms with E-state index in [0.717, 1.165) is 23.5 Å². The monoisotopic (exact) mass is 244 g/mol. The van der Waals surface area contributed by atoms with Crippen LogP contribution >= 0.6 is 0 Å². The topological polar surface area (TPSA) is 53.6 Å². The first kappa shape index (κ1) is 12.8. The second-order valence-electron chi connectivity index (χ2n) is 4.79. The summed E-state index contributed by atoms with van der Waals surface area (Å²) in [7, 11) is 0. The SMILES string of the molecule is Cc1cc(C)c(C(C)NCc2cn[nH]c2)c(C)n1. The van der Waals surface area contributed by atoms with Crippen LogP contribution in [0.1, 0.15) is 41.0 Å². The van der Waals surface area contributed by atoms with Gasteiger partial charge in [0.2, 0.25) is 0 Å². The first-order valence-electron chi connectivity index (χ1n) is 6.23. The van der Waals surface area contributed by atoms with Crippen LogP contribution in [0.15, 0.2) is 18.5 Å². The summed E-state index contributed by atoms with van der Waals surface area (Å²) in [5.41, 5.74) is 5.95. The number of hydrogen-bond acceptors (Lipinski definition) is 3. The van der Waals surface area contributed by atoms with E-state index in [4.69, 9.17) is 0 Å². The Bertz CT molecular complexity index is 494. The highest BCUT2D eigenvalue weighted by atomic mass is 15.1. The predicted molar refractivity (Wildman–Crippen MR) is 72.3 cm³/mol. The van der Waals surface area contributed by atoms with E-state index in [1.165, 1.54) is 11.1 Å². The fraction of sp³-hybridized carbons (Fsp3) is 0.429. The fourth-order valence-corrected chi connectivity index (χ4v) is 2.44. The van der Waals surface area contributed by atoms with Crippen LogP contribution in [0.25, 0.3) is 0 Å². The number of hydrogen-bond donors (Lipinski definition) is 2. The highest BCUT2D eigenvalue weighted by molar-refractivity contribution is 5.33. The van der Waals surface area contributed by atoms with Gasteiger partial charge in [0.25, 0.3) is 0 Å². The summed E-state index contributed by atoms with van der Waals surface area (Å²) in [6.45, 7) is 9.24. The molecule has 4 heteroatoms. The largest absolute Gasteiger partial charge is 0.306 e. The number of rotatable bonds is 4. The quantitative estimate of drug-likeness (QED) is 0.869. The van der Waals surface area contributed by atoms with Crippen molar-refractivity contribution in [3.8, 4) is 0 Å². The summed E-state index contributed by atoms with van der Waals surface area (Å²) >= 11 is 0. The maximum atomic E-state index is 4.54. The molecule has 2 rings (SSSR count). The van der Waals surface area contributed by atoms with Crippen molar-refractivity contribution in [2.45, 2.75) is 40.3 Å². The van der Waals surface area contributed by atoms with Gasteiger partial charge in [-0.2, -0.15) is 5.10 Å². The molecule has 0 aromatic carbocycles. The van der Waals surface area contributed by atoms with Gasteiger partial charge in [-0.1, -0.05) is 0 Å². The molecular formula is C14H20N4. The minimum atomic E-state index is 0.285. The number of H-pyrrole nitrogens is 1. The highest BCUT2D eigenvalue weighted by Gasteiger charge is 2.12. The van der Waals surface area contributed by atoms with E-state index in [1.54, 1.807) is 0 Å². The van der Waals surface area contributed by atoms with Crippen molar-refractivity contribution in [1.82, 2.24) is 20.5 Å². The van der Waals surface area contributed by atoms with E-state index in [2.05, 4.69) is 47.3 Å². The lowest BCUT2D eigenvalue weighted by Crippen LogP contribution is -2.20. The van der Waals surface area contributed by atoms with E-state index >= 15 is 0 Å². The molecule has 2 heterocycles.